The number of anilines is 1. The van der Waals surface area contributed by atoms with Gasteiger partial charge in [-0.3, -0.25) is 19.6 Å². The average molecular weight is 662 g/mol. The number of thioether (sulfide) groups is 1. The number of H-pyrrole nitrogens is 1. The summed E-state index contributed by atoms with van der Waals surface area (Å²) in [6.45, 7) is 5.05. The van der Waals surface area contributed by atoms with Crippen molar-refractivity contribution in [2.45, 2.75) is 43.3 Å². The van der Waals surface area contributed by atoms with E-state index in [-0.39, 0.29) is 11.8 Å². The van der Waals surface area contributed by atoms with Gasteiger partial charge >= 0.3 is 0 Å². The van der Waals surface area contributed by atoms with Crippen molar-refractivity contribution < 1.29 is 9.59 Å². The van der Waals surface area contributed by atoms with Crippen molar-refractivity contribution in [2.24, 2.45) is 0 Å². The monoisotopic (exact) mass is 661 g/mol. The van der Waals surface area contributed by atoms with Crippen molar-refractivity contribution >= 4 is 40.2 Å². The van der Waals surface area contributed by atoms with Crippen LogP contribution in [0.2, 0.25) is 0 Å². The van der Waals surface area contributed by atoms with Gasteiger partial charge in [-0.2, -0.15) is 5.10 Å². The predicted molar refractivity (Wildman–Crippen MR) is 188 cm³/mol. The zero-order valence-electron chi connectivity index (χ0n) is 27.2. The fourth-order valence-corrected chi connectivity index (χ4v) is 7.62. The molecule has 0 bridgehead atoms. The van der Waals surface area contributed by atoms with E-state index in [4.69, 9.17) is 0 Å². The molecule has 2 fully saturated rings. The first-order chi connectivity index (χ1) is 23.4. The minimum Gasteiger partial charge on any atom is -0.342 e. The van der Waals surface area contributed by atoms with Crippen molar-refractivity contribution in [1.82, 2.24) is 39.9 Å². The van der Waals surface area contributed by atoms with Gasteiger partial charge in [-0.25, -0.2) is 19.9 Å². The summed E-state index contributed by atoms with van der Waals surface area (Å²) in [4.78, 5) is 48.9. The quantitative estimate of drug-likeness (QED) is 0.219. The van der Waals surface area contributed by atoms with E-state index in [1.807, 2.05) is 48.4 Å². The van der Waals surface area contributed by atoms with Gasteiger partial charge < -0.3 is 10.2 Å². The molecule has 0 unspecified atom stereocenters. The Balaban J connectivity index is 0.943. The van der Waals surface area contributed by atoms with Crippen LogP contribution in [0.3, 0.4) is 0 Å². The first-order valence-corrected chi connectivity index (χ1v) is 17.7. The van der Waals surface area contributed by atoms with Crippen LogP contribution < -0.4 is 5.32 Å². The van der Waals surface area contributed by atoms with Crippen LogP contribution in [-0.4, -0.2) is 95.5 Å². The molecule has 5 heterocycles. The molecule has 2 amide bonds. The van der Waals surface area contributed by atoms with E-state index in [0.29, 0.717) is 37.7 Å². The van der Waals surface area contributed by atoms with Crippen molar-refractivity contribution in [3.63, 3.8) is 0 Å². The molecular weight excluding hydrogens is 623 g/mol. The minimum atomic E-state index is -0.638. The Kier molecular flexibility index (Phi) is 9.18. The molecule has 2 aromatic carbocycles. The first kappa shape index (κ1) is 31.9. The summed E-state index contributed by atoms with van der Waals surface area (Å²) >= 11 is 1.56. The lowest BCUT2D eigenvalue weighted by Crippen LogP contribution is -2.46. The number of rotatable bonds is 9. The van der Waals surface area contributed by atoms with Crippen molar-refractivity contribution in [3.05, 3.63) is 84.6 Å². The number of aromatic nitrogens is 6. The van der Waals surface area contributed by atoms with Crippen LogP contribution in [0.4, 0.5) is 5.69 Å². The number of hydrogen-bond donors (Lipinski definition) is 2. The highest BCUT2D eigenvalue weighted by Crippen LogP contribution is 2.36. The summed E-state index contributed by atoms with van der Waals surface area (Å²) in [6, 6.07) is 17.9. The maximum absolute atomic E-state index is 13.8. The lowest BCUT2D eigenvalue weighted by atomic mass is 9.89. The second kappa shape index (κ2) is 13.8. The largest absolute Gasteiger partial charge is 0.342 e. The summed E-state index contributed by atoms with van der Waals surface area (Å²) < 4.78 is -0.638. The van der Waals surface area contributed by atoms with Crippen LogP contribution in [0.15, 0.2) is 73.2 Å². The molecule has 0 radical (unpaired) electrons. The van der Waals surface area contributed by atoms with Gasteiger partial charge in [0.05, 0.1) is 17.8 Å². The zero-order valence-corrected chi connectivity index (χ0v) is 28.0. The molecule has 0 spiro atoms. The number of aryl methyl sites for hydroxylation is 1. The number of carbonyl (C=O) groups excluding carboxylic acids is 2. The van der Waals surface area contributed by atoms with Crippen molar-refractivity contribution in [1.29, 1.82) is 0 Å². The van der Waals surface area contributed by atoms with Crippen LogP contribution in [-0.2, 0) is 16.0 Å². The third-order valence-electron chi connectivity index (χ3n) is 9.61. The molecule has 2 N–H and O–H groups in total. The van der Waals surface area contributed by atoms with Crippen LogP contribution in [0, 0.1) is 0 Å². The summed E-state index contributed by atoms with van der Waals surface area (Å²) in [6.07, 6.45) is 10.5. The Morgan fingerprint density at radius 1 is 1.00 bits per heavy atom. The van der Waals surface area contributed by atoms with E-state index < -0.39 is 4.75 Å². The number of benzene rings is 2. The standard InChI is InChI=1S/C36H39N9O2S/c1-3-31-37-17-11-30(41-31)33-28-21-27(9-10-29(28)42-43-33)40-35(47)36(48-2)14-20-44(23-36)22-32(46)45-18-12-25(13-19-45)24-5-7-26(8-6-24)34-38-15-4-16-39-34/h4-11,15-17,21,25H,3,12-14,18-20,22-23H2,1-2H3,(H,40,47)(H,42,43)/t36-/m0/s1. The number of nitrogens with zero attached hydrogens (tertiary/aromatic N) is 7. The number of nitrogens with one attached hydrogen (secondary N) is 2. The van der Waals surface area contributed by atoms with Gasteiger partial charge in [-0.1, -0.05) is 31.2 Å². The highest BCUT2D eigenvalue weighted by atomic mass is 32.2. The van der Waals surface area contributed by atoms with Gasteiger partial charge in [-0.05, 0) is 67.3 Å². The number of piperidine rings is 1. The van der Waals surface area contributed by atoms with Gasteiger partial charge in [0, 0.05) is 67.8 Å². The van der Waals surface area contributed by atoms with Gasteiger partial charge in [-0.15, -0.1) is 11.8 Å². The molecule has 0 aliphatic carbocycles. The maximum atomic E-state index is 13.8. The highest BCUT2D eigenvalue weighted by Gasteiger charge is 2.45. The minimum absolute atomic E-state index is 0.0460. The molecule has 7 rings (SSSR count). The van der Waals surface area contributed by atoms with Gasteiger partial charge in [0.15, 0.2) is 5.82 Å². The number of likely N-dealkylation sites (tertiary alicyclic amines) is 2. The molecule has 2 aliphatic heterocycles. The fraction of sp³-hybridized carbons (Fsp3) is 0.361. The summed E-state index contributed by atoms with van der Waals surface area (Å²) in [5.74, 6) is 1.99. The van der Waals surface area contributed by atoms with E-state index in [2.05, 4.69) is 64.6 Å². The zero-order chi connectivity index (χ0) is 33.1. The van der Waals surface area contributed by atoms with Crippen LogP contribution in [0.5, 0.6) is 0 Å². The van der Waals surface area contributed by atoms with E-state index >= 15 is 0 Å². The predicted octanol–water partition coefficient (Wildman–Crippen LogP) is 5.19. The second-order valence-corrected chi connectivity index (χ2v) is 13.7. The summed E-state index contributed by atoms with van der Waals surface area (Å²) in [5, 5.41) is 11.6. The van der Waals surface area contributed by atoms with Crippen molar-refractivity contribution in [2.75, 3.05) is 44.3 Å². The summed E-state index contributed by atoms with van der Waals surface area (Å²) in [5.41, 5.74) is 5.33. The third-order valence-corrected chi connectivity index (χ3v) is 10.9. The highest BCUT2D eigenvalue weighted by molar-refractivity contribution is 8.00. The average Bonchev–Trinajstić information content (AvgIpc) is 3.77. The molecule has 5 aromatic rings. The molecule has 48 heavy (non-hydrogen) atoms. The summed E-state index contributed by atoms with van der Waals surface area (Å²) in [7, 11) is 0. The fourth-order valence-electron chi connectivity index (χ4n) is 6.78. The topological polar surface area (TPSA) is 133 Å². The molecular formula is C36H39N9O2S. The van der Waals surface area contributed by atoms with Crippen LogP contribution >= 0.6 is 11.8 Å². The van der Waals surface area contributed by atoms with E-state index in [1.165, 1.54) is 5.56 Å². The molecule has 246 valence electrons. The maximum Gasteiger partial charge on any atom is 0.241 e. The third kappa shape index (κ3) is 6.54. The molecule has 12 heteroatoms. The molecule has 1 atom stereocenters. The van der Waals surface area contributed by atoms with E-state index in [0.717, 1.165) is 71.9 Å². The van der Waals surface area contributed by atoms with Gasteiger partial charge in [0.2, 0.25) is 11.8 Å². The Labute approximate surface area is 284 Å². The molecule has 2 aliphatic rings. The number of amides is 2. The Morgan fingerprint density at radius 3 is 2.54 bits per heavy atom. The van der Waals surface area contributed by atoms with Crippen LogP contribution in [0.1, 0.15) is 43.5 Å². The SMILES string of the molecule is CCc1nccc(-c2n[nH]c3ccc(NC(=O)[C@]4(SC)CCN(CC(=O)N5CCC(c6ccc(-c7ncccn7)cc6)CC5)C4)cc23)n1. The number of hydrogen-bond acceptors (Lipinski definition) is 9. The smallest absolute Gasteiger partial charge is 0.241 e. The Morgan fingerprint density at radius 2 is 1.79 bits per heavy atom. The van der Waals surface area contributed by atoms with Gasteiger partial charge in [0.25, 0.3) is 0 Å². The number of carbonyl (C=O) groups is 2. The Bertz CT molecular complexity index is 1910. The molecule has 0 saturated carbocycles. The molecule has 3 aromatic heterocycles. The van der Waals surface area contributed by atoms with Crippen molar-refractivity contribution in [3.8, 4) is 22.8 Å². The molecule has 2 saturated heterocycles. The van der Waals surface area contributed by atoms with Gasteiger partial charge in [0.1, 0.15) is 16.3 Å². The number of fused-ring (bicyclic) bond motifs is 1. The number of aromatic amines is 1. The second-order valence-electron chi connectivity index (χ2n) is 12.5. The normalized spacial score (nSPS) is 18.8. The Hall–Kier alpha value is -4.68. The van der Waals surface area contributed by atoms with E-state index in [9.17, 15) is 9.59 Å². The lowest BCUT2D eigenvalue weighted by molar-refractivity contribution is -0.133. The van der Waals surface area contributed by atoms with Crippen LogP contribution in [0.25, 0.3) is 33.7 Å². The lowest BCUT2D eigenvalue weighted by Gasteiger charge is -2.33. The van der Waals surface area contributed by atoms with E-state index in [1.54, 1.807) is 30.4 Å². The first-order valence-electron chi connectivity index (χ1n) is 16.5. The molecule has 11 nitrogen and oxygen atoms in total.